The number of pyridine rings is 4. The van der Waals surface area contributed by atoms with E-state index in [1.165, 1.54) is 54.4 Å². The molecule has 0 aliphatic carbocycles. The number of rotatable bonds is 16. The number of alkyl halides is 3. The molecule has 9 aromatic rings. The molecule has 3 aromatic carbocycles. The Kier molecular flexibility index (Phi) is 20.3. The van der Waals surface area contributed by atoms with Crippen LogP contribution in [0.5, 0.6) is 0 Å². The van der Waals surface area contributed by atoms with Gasteiger partial charge in [0.25, 0.3) is 0 Å². The zero-order chi connectivity index (χ0) is 54.4. The Bertz CT molecular complexity index is 3550. The number of nitrogens with one attached hydrogen (secondary N) is 2. The van der Waals surface area contributed by atoms with E-state index in [0.29, 0.717) is 28.4 Å². The average molecular weight is 1160 g/mol. The van der Waals surface area contributed by atoms with Crippen molar-refractivity contribution in [2.75, 3.05) is 4.90 Å². The minimum Gasteiger partial charge on any atom is -0.753 e. The van der Waals surface area contributed by atoms with Crippen LogP contribution in [-0.2, 0) is 32.9 Å². The molecule has 0 saturated carbocycles. The molecule has 0 fully saturated rings. The molecule has 9 rings (SSSR count). The number of thiophene rings is 1. The van der Waals surface area contributed by atoms with Crippen LogP contribution in [-0.4, -0.2) is 63.7 Å². The van der Waals surface area contributed by atoms with Crippen molar-refractivity contribution in [3.63, 3.8) is 0 Å². The summed E-state index contributed by atoms with van der Waals surface area (Å²) in [6.45, 7) is 2.17. The quantitative estimate of drug-likeness (QED) is 0.0361. The van der Waals surface area contributed by atoms with Gasteiger partial charge in [0.15, 0.2) is 0 Å². The molecule has 0 unspecified atom stereocenters. The van der Waals surface area contributed by atoms with Gasteiger partial charge in [0, 0.05) is 58.0 Å². The molecule has 6 aromatic heterocycles. The monoisotopic (exact) mass is 1160 g/mol. The molecule has 0 spiro atoms. The normalized spacial score (nSPS) is 11.0. The maximum atomic E-state index is 12.5. The first-order valence-electron chi connectivity index (χ1n) is 23.7. The number of aromatic nitrogens is 5. The Morgan fingerprint density at radius 1 is 0.779 bits per heavy atom. The van der Waals surface area contributed by atoms with Crippen molar-refractivity contribution in [1.29, 1.82) is 5.41 Å². The number of para-hydroxylation sites is 3. The number of aromatic carboxylic acids is 2. The number of halogens is 3. The molecule has 19 heteroatoms. The van der Waals surface area contributed by atoms with Gasteiger partial charge in [0.1, 0.15) is 11.5 Å². The number of unbranched alkanes of at least 4 members (excludes halogenated alkanes) is 3. The van der Waals surface area contributed by atoms with E-state index < -0.39 is 29.5 Å². The average Bonchev–Trinajstić information content (AvgIpc) is 4.07. The summed E-state index contributed by atoms with van der Waals surface area (Å²) < 4.78 is 39.5. The van der Waals surface area contributed by atoms with Gasteiger partial charge in [-0.05, 0) is 126 Å². The van der Waals surface area contributed by atoms with Gasteiger partial charge in [-0.1, -0.05) is 93.0 Å². The third-order valence-electron chi connectivity index (χ3n) is 11.9. The molecular formula is C58H48F3N9O4RuS2. The van der Waals surface area contributed by atoms with Gasteiger partial charge >= 0.3 is 37.6 Å². The van der Waals surface area contributed by atoms with Crippen LogP contribution in [0.4, 0.5) is 30.4 Å². The number of carboxylic acid groups (broad SMARTS) is 2. The number of aryl methyl sites for hydroxylation is 1. The summed E-state index contributed by atoms with van der Waals surface area (Å²) in [5, 5.41) is 37.8. The minimum atomic E-state index is -4.76. The first-order chi connectivity index (χ1) is 36.6. The maximum Gasteiger partial charge on any atom is 2.00 e. The van der Waals surface area contributed by atoms with Gasteiger partial charge in [-0.25, -0.2) is 19.6 Å². The Morgan fingerprint density at radius 2 is 1.39 bits per heavy atom. The summed E-state index contributed by atoms with van der Waals surface area (Å²) >= 11 is 5.27. The molecule has 4 N–H and O–H groups in total. The smallest absolute Gasteiger partial charge is 0.753 e. The van der Waals surface area contributed by atoms with E-state index in [-0.39, 0.29) is 47.7 Å². The van der Waals surface area contributed by atoms with Crippen molar-refractivity contribution in [2.45, 2.75) is 45.2 Å². The van der Waals surface area contributed by atoms with Gasteiger partial charge in [-0.2, -0.15) is 18.3 Å². The molecule has 0 atom stereocenters. The molecule has 0 bridgehead atoms. The molecule has 0 saturated heterocycles. The Balaban J connectivity index is 0.000000272. The van der Waals surface area contributed by atoms with Crippen LogP contribution in [0.3, 0.4) is 0 Å². The number of hydrogen-bond acceptors (Lipinski definition) is 10. The largest absolute Gasteiger partial charge is 2.00 e. The van der Waals surface area contributed by atoms with Gasteiger partial charge in [0.05, 0.1) is 39.4 Å². The summed E-state index contributed by atoms with van der Waals surface area (Å²) in [5.74, 6) is -1.33. The SMILES string of the molecule is CCCCCCc1ccsc1-c1ccnc(/C([NH-])=C/C(=N)C(F)(F)F)c1.Cn1c(-c2ccnc(-c3cc(C(=O)O)cc(-c4cc(C(=O)O)c5ccccc5n4)n3)c2)ccc1N(c1ccccc1)c1ccccc1.[N-]=C=S.[Ru+2]. The first-order valence-corrected chi connectivity index (χ1v) is 25.0. The predicted octanol–water partition coefficient (Wildman–Crippen LogP) is 15.8. The fourth-order valence-electron chi connectivity index (χ4n) is 8.26. The standard InChI is InChI=1S/C38H27N5O4.C19H21F3N3S.CNS.Ru/c1-42-35(16-17-36(42)43(26-10-4-2-5-11-26)27-12-6-3-7-13-27)24-18-19-39-31(20-24)32-21-25(37(44)45)22-33(41-32)34-23-29(38(46)47)28-14-8-9-15-30(28)40-34;1-2-3-4-5-6-13-8-10-26-18(13)14-7-9-25-16(11-14)15(23)12-17(24)19(20,21)22;2-1-3;/h2-23H,1H3,(H,44,45)(H,46,47);7-12,23-24H,2-6H2,1H3;;/q;2*-1;+2/b;15-12-,24-17?;;. The molecule has 0 amide bonds. The predicted molar refractivity (Wildman–Crippen MR) is 299 cm³/mol. The number of anilines is 3. The van der Waals surface area contributed by atoms with Crippen LogP contribution < -0.4 is 4.90 Å². The topological polar surface area (TPSA) is 204 Å². The van der Waals surface area contributed by atoms with E-state index in [0.717, 1.165) is 51.7 Å². The fraction of sp³-hybridized carbons (Fsp3) is 0.138. The van der Waals surface area contributed by atoms with Crippen molar-refractivity contribution in [2.24, 2.45) is 7.05 Å². The van der Waals surface area contributed by atoms with Crippen molar-refractivity contribution >= 4 is 80.2 Å². The number of isothiocyanates is 1. The van der Waals surface area contributed by atoms with E-state index in [9.17, 15) is 33.0 Å². The number of benzene rings is 3. The van der Waals surface area contributed by atoms with Crippen molar-refractivity contribution < 1.29 is 52.5 Å². The molecule has 0 radical (unpaired) electrons. The number of fused-ring (bicyclic) bond motifs is 1. The van der Waals surface area contributed by atoms with E-state index in [1.54, 1.807) is 53.9 Å². The van der Waals surface area contributed by atoms with Crippen molar-refractivity contribution in [3.05, 3.63) is 203 Å². The molecule has 390 valence electrons. The molecule has 77 heavy (non-hydrogen) atoms. The summed E-state index contributed by atoms with van der Waals surface area (Å²) in [5.41, 5.74) is 13.5. The third kappa shape index (κ3) is 14.5. The van der Waals surface area contributed by atoms with E-state index in [2.05, 4.69) is 80.0 Å². The summed E-state index contributed by atoms with van der Waals surface area (Å²) in [6, 6.07) is 44.8. The summed E-state index contributed by atoms with van der Waals surface area (Å²) in [4.78, 5) is 45.5. The second-order valence-corrected chi connectivity index (χ2v) is 18.1. The number of allylic oxidation sites excluding steroid dienone is 1. The zero-order valence-corrected chi connectivity index (χ0v) is 44.7. The third-order valence-corrected chi connectivity index (χ3v) is 12.9. The number of thiocarbonyl (C=S) groups is 1. The van der Waals surface area contributed by atoms with Gasteiger partial charge < -0.3 is 25.9 Å². The van der Waals surface area contributed by atoms with Gasteiger partial charge in [-0.3, -0.25) is 20.3 Å². The molecular weight excluding hydrogens is 1110 g/mol. The van der Waals surface area contributed by atoms with Crippen LogP contribution in [0.25, 0.3) is 72.2 Å². The van der Waals surface area contributed by atoms with Crippen LogP contribution in [0.15, 0.2) is 169 Å². The maximum absolute atomic E-state index is 12.5. The number of nitrogens with zero attached hydrogens (tertiary/aromatic N) is 7. The van der Waals surface area contributed by atoms with Crippen LogP contribution >= 0.6 is 23.6 Å². The Hall–Kier alpha value is -8.34. The summed E-state index contributed by atoms with van der Waals surface area (Å²) in [7, 11) is 2.00. The molecule has 6 heterocycles. The number of carboxylic acids is 2. The van der Waals surface area contributed by atoms with Crippen LogP contribution in [0, 0.1) is 5.41 Å². The Labute approximate surface area is 464 Å². The minimum absolute atomic E-state index is 0. The van der Waals surface area contributed by atoms with Gasteiger partial charge in [0.2, 0.25) is 0 Å². The number of carbonyl (C=O) groups is 2. The van der Waals surface area contributed by atoms with Crippen molar-refractivity contribution in [1.82, 2.24) is 24.5 Å². The second kappa shape index (κ2) is 26.9. The molecule has 0 aliphatic heterocycles. The van der Waals surface area contributed by atoms with E-state index in [4.69, 9.17) is 21.5 Å². The Morgan fingerprint density at radius 3 is 2.03 bits per heavy atom. The second-order valence-electron chi connectivity index (χ2n) is 17.0. The van der Waals surface area contributed by atoms with Gasteiger partial charge in [-0.15, -0.1) is 17.0 Å². The zero-order valence-electron chi connectivity index (χ0n) is 41.3. The van der Waals surface area contributed by atoms with Crippen molar-refractivity contribution in [3.8, 4) is 44.5 Å². The molecule has 13 nitrogen and oxygen atoms in total. The van der Waals surface area contributed by atoms with Crippen LogP contribution in [0.1, 0.15) is 64.6 Å². The summed E-state index contributed by atoms with van der Waals surface area (Å²) in [6.07, 6.45) is 4.50. The molecule has 0 aliphatic rings. The van der Waals surface area contributed by atoms with E-state index >= 15 is 0 Å². The van der Waals surface area contributed by atoms with Crippen LogP contribution in [0.2, 0.25) is 0 Å². The first kappa shape index (κ1) is 57.9. The number of hydrogen-bond donors (Lipinski definition) is 3. The fourth-order valence-corrected chi connectivity index (χ4v) is 9.21. The van der Waals surface area contributed by atoms with E-state index in [1.807, 2.05) is 67.0 Å².